The van der Waals surface area contributed by atoms with E-state index in [0.29, 0.717) is 37.8 Å². The van der Waals surface area contributed by atoms with Crippen LogP contribution in [0, 0.1) is 13.8 Å². The van der Waals surface area contributed by atoms with E-state index < -0.39 is 0 Å². The third kappa shape index (κ3) is 4.54. The van der Waals surface area contributed by atoms with Gasteiger partial charge in [0.15, 0.2) is 0 Å². The summed E-state index contributed by atoms with van der Waals surface area (Å²) in [5, 5.41) is 3.13. The number of nitrogens with zero attached hydrogens (tertiary/aromatic N) is 4. The lowest BCUT2D eigenvalue weighted by Gasteiger charge is -2.37. The number of hydrogen-bond donors (Lipinski definition) is 1. The second kappa shape index (κ2) is 8.81. The number of ether oxygens (including phenoxy) is 1. The van der Waals surface area contributed by atoms with Crippen LogP contribution in [-0.2, 0) is 4.74 Å². The molecule has 0 radical (unpaired) electrons. The summed E-state index contributed by atoms with van der Waals surface area (Å²) >= 11 is 0. The van der Waals surface area contributed by atoms with Crippen molar-refractivity contribution in [1.82, 2.24) is 14.9 Å². The average molecular weight is 369 g/mol. The standard InChI is InChI=1S/C20H27N5O2/c1-15-5-4-6-18(16(15)2)24-8-10-25(11-9-24)20(26)17-13-19(23-14-22-17)21-7-12-27-3/h4-6,13-14H,7-12H2,1-3H3,(H,21,22,23). The molecule has 1 fully saturated rings. The van der Waals surface area contributed by atoms with Crippen LogP contribution in [0.3, 0.4) is 0 Å². The summed E-state index contributed by atoms with van der Waals surface area (Å²) in [6, 6.07) is 8.08. The highest BCUT2D eigenvalue weighted by atomic mass is 16.5. The molecule has 1 N–H and O–H groups in total. The molecule has 27 heavy (non-hydrogen) atoms. The minimum absolute atomic E-state index is 0.0483. The second-order valence-electron chi connectivity index (χ2n) is 6.71. The zero-order valence-corrected chi connectivity index (χ0v) is 16.2. The number of benzene rings is 1. The predicted molar refractivity (Wildman–Crippen MR) is 106 cm³/mol. The molecule has 7 nitrogen and oxygen atoms in total. The molecule has 0 aliphatic carbocycles. The number of rotatable bonds is 6. The number of aryl methyl sites for hydroxylation is 1. The highest BCUT2D eigenvalue weighted by Crippen LogP contribution is 2.24. The van der Waals surface area contributed by atoms with Crippen LogP contribution in [0.2, 0.25) is 0 Å². The summed E-state index contributed by atoms with van der Waals surface area (Å²) in [5.41, 5.74) is 4.28. The van der Waals surface area contributed by atoms with Crippen molar-refractivity contribution in [3.8, 4) is 0 Å². The molecule has 1 amide bonds. The molecule has 1 aromatic carbocycles. The van der Waals surface area contributed by atoms with E-state index >= 15 is 0 Å². The van der Waals surface area contributed by atoms with Crippen molar-refractivity contribution in [1.29, 1.82) is 0 Å². The lowest BCUT2D eigenvalue weighted by Crippen LogP contribution is -2.49. The van der Waals surface area contributed by atoms with Crippen molar-refractivity contribution in [2.45, 2.75) is 13.8 Å². The molecular formula is C20H27N5O2. The Hall–Kier alpha value is -2.67. The van der Waals surface area contributed by atoms with Gasteiger partial charge in [-0.15, -0.1) is 0 Å². The Labute approximate surface area is 160 Å². The van der Waals surface area contributed by atoms with Gasteiger partial charge in [0.25, 0.3) is 5.91 Å². The van der Waals surface area contributed by atoms with Crippen LogP contribution in [0.5, 0.6) is 0 Å². The van der Waals surface area contributed by atoms with E-state index in [2.05, 4.69) is 52.2 Å². The zero-order valence-electron chi connectivity index (χ0n) is 16.2. The van der Waals surface area contributed by atoms with Crippen molar-refractivity contribution in [3.05, 3.63) is 47.4 Å². The van der Waals surface area contributed by atoms with Crippen molar-refractivity contribution in [2.24, 2.45) is 0 Å². The molecule has 1 aliphatic heterocycles. The second-order valence-corrected chi connectivity index (χ2v) is 6.71. The van der Waals surface area contributed by atoms with Crippen LogP contribution >= 0.6 is 0 Å². The third-order valence-electron chi connectivity index (χ3n) is 4.98. The van der Waals surface area contributed by atoms with E-state index in [1.54, 1.807) is 13.2 Å². The lowest BCUT2D eigenvalue weighted by atomic mass is 10.1. The van der Waals surface area contributed by atoms with Crippen molar-refractivity contribution in [3.63, 3.8) is 0 Å². The molecule has 0 unspecified atom stereocenters. The lowest BCUT2D eigenvalue weighted by molar-refractivity contribution is 0.0740. The number of nitrogens with one attached hydrogen (secondary N) is 1. The SMILES string of the molecule is COCCNc1cc(C(=O)N2CCN(c3cccc(C)c3C)CC2)ncn1. The highest BCUT2D eigenvalue weighted by molar-refractivity contribution is 5.93. The molecule has 1 aromatic heterocycles. The molecule has 0 spiro atoms. The first kappa shape index (κ1) is 19.1. The van der Waals surface area contributed by atoms with Crippen LogP contribution in [0.15, 0.2) is 30.6 Å². The molecular weight excluding hydrogens is 342 g/mol. The van der Waals surface area contributed by atoms with E-state index in [-0.39, 0.29) is 5.91 Å². The van der Waals surface area contributed by atoms with Crippen molar-refractivity contribution < 1.29 is 9.53 Å². The largest absolute Gasteiger partial charge is 0.383 e. The fraction of sp³-hybridized carbons (Fsp3) is 0.450. The van der Waals surface area contributed by atoms with Gasteiger partial charge in [-0.05, 0) is 31.0 Å². The Morgan fingerprint density at radius 1 is 1.19 bits per heavy atom. The van der Waals surface area contributed by atoms with Gasteiger partial charge in [0.2, 0.25) is 0 Å². The number of carbonyl (C=O) groups excluding carboxylic acids is 1. The van der Waals surface area contributed by atoms with Gasteiger partial charge in [-0.2, -0.15) is 0 Å². The Kier molecular flexibility index (Phi) is 6.24. The Balaban J connectivity index is 1.61. The summed E-state index contributed by atoms with van der Waals surface area (Å²) in [6.45, 7) is 8.50. The van der Waals surface area contributed by atoms with E-state index in [1.807, 2.05) is 4.90 Å². The maximum Gasteiger partial charge on any atom is 0.272 e. The van der Waals surface area contributed by atoms with E-state index in [0.717, 1.165) is 13.1 Å². The molecule has 1 aliphatic rings. The monoisotopic (exact) mass is 369 g/mol. The summed E-state index contributed by atoms with van der Waals surface area (Å²) in [6.07, 6.45) is 1.43. The maximum absolute atomic E-state index is 12.8. The summed E-state index contributed by atoms with van der Waals surface area (Å²) in [7, 11) is 1.65. The molecule has 7 heteroatoms. The smallest absolute Gasteiger partial charge is 0.272 e. The van der Waals surface area contributed by atoms with Gasteiger partial charge in [0.05, 0.1) is 6.61 Å². The molecule has 3 rings (SSSR count). The van der Waals surface area contributed by atoms with E-state index in [4.69, 9.17) is 4.74 Å². The number of amides is 1. The number of methoxy groups -OCH3 is 1. The fourth-order valence-electron chi connectivity index (χ4n) is 3.24. The molecule has 0 bridgehead atoms. The van der Waals surface area contributed by atoms with Crippen molar-refractivity contribution in [2.75, 3.05) is 56.7 Å². The first-order chi connectivity index (χ1) is 13.1. The number of anilines is 2. The Bertz CT molecular complexity index is 788. The normalized spacial score (nSPS) is 14.3. The first-order valence-electron chi connectivity index (χ1n) is 9.25. The third-order valence-corrected chi connectivity index (χ3v) is 4.98. The Morgan fingerprint density at radius 2 is 1.96 bits per heavy atom. The van der Waals surface area contributed by atoms with Gasteiger partial charge in [-0.25, -0.2) is 9.97 Å². The van der Waals surface area contributed by atoms with Crippen LogP contribution in [0.1, 0.15) is 21.6 Å². The zero-order chi connectivity index (χ0) is 19.2. The van der Waals surface area contributed by atoms with Gasteiger partial charge >= 0.3 is 0 Å². The van der Waals surface area contributed by atoms with Gasteiger partial charge in [-0.1, -0.05) is 12.1 Å². The highest BCUT2D eigenvalue weighted by Gasteiger charge is 2.24. The fourth-order valence-corrected chi connectivity index (χ4v) is 3.24. The van der Waals surface area contributed by atoms with Crippen LogP contribution < -0.4 is 10.2 Å². The van der Waals surface area contributed by atoms with Crippen LogP contribution in [0.4, 0.5) is 11.5 Å². The van der Waals surface area contributed by atoms with Gasteiger partial charge < -0.3 is 19.9 Å². The average Bonchev–Trinajstić information content (AvgIpc) is 2.70. The Morgan fingerprint density at radius 3 is 2.70 bits per heavy atom. The molecule has 144 valence electrons. The maximum atomic E-state index is 12.8. The van der Waals surface area contributed by atoms with Gasteiger partial charge in [-0.3, -0.25) is 4.79 Å². The minimum atomic E-state index is -0.0483. The topological polar surface area (TPSA) is 70.6 Å². The van der Waals surface area contributed by atoms with E-state index in [1.165, 1.54) is 23.1 Å². The van der Waals surface area contributed by atoms with Crippen LogP contribution in [-0.4, -0.2) is 67.2 Å². The van der Waals surface area contributed by atoms with Crippen molar-refractivity contribution >= 4 is 17.4 Å². The molecule has 0 saturated carbocycles. The summed E-state index contributed by atoms with van der Waals surface area (Å²) < 4.78 is 5.01. The minimum Gasteiger partial charge on any atom is -0.383 e. The van der Waals surface area contributed by atoms with E-state index in [9.17, 15) is 4.79 Å². The number of aromatic nitrogens is 2. The summed E-state index contributed by atoms with van der Waals surface area (Å²) in [4.78, 5) is 25.3. The summed E-state index contributed by atoms with van der Waals surface area (Å²) in [5.74, 6) is 0.590. The first-order valence-corrected chi connectivity index (χ1v) is 9.25. The number of hydrogen-bond acceptors (Lipinski definition) is 6. The van der Waals surface area contributed by atoms with Crippen LogP contribution in [0.25, 0.3) is 0 Å². The van der Waals surface area contributed by atoms with Gasteiger partial charge in [0, 0.05) is 51.6 Å². The molecule has 0 atom stereocenters. The number of piperazine rings is 1. The predicted octanol–water partition coefficient (Wildman–Crippen LogP) is 2.11. The van der Waals surface area contributed by atoms with Gasteiger partial charge in [0.1, 0.15) is 17.8 Å². The molecule has 1 saturated heterocycles. The molecule has 2 heterocycles. The number of carbonyl (C=O) groups is 1. The quantitative estimate of drug-likeness (QED) is 0.787. The molecule has 2 aromatic rings.